The van der Waals surface area contributed by atoms with Gasteiger partial charge in [-0.1, -0.05) is 32.1 Å². The Bertz CT molecular complexity index is 236. The monoisotopic (exact) mass is 274 g/mol. The SMILES string of the molecule is Cl.O=C(NCCNC1CCCCCC1)C1CCC1. The van der Waals surface area contributed by atoms with E-state index in [1.807, 2.05) is 0 Å². The van der Waals surface area contributed by atoms with Gasteiger partial charge in [-0.25, -0.2) is 0 Å². The van der Waals surface area contributed by atoms with E-state index in [0.717, 1.165) is 25.9 Å². The topological polar surface area (TPSA) is 41.1 Å². The molecule has 0 bridgehead atoms. The van der Waals surface area contributed by atoms with E-state index in [0.29, 0.717) is 12.0 Å². The molecule has 18 heavy (non-hydrogen) atoms. The summed E-state index contributed by atoms with van der Waals surface area (Å²) in [5.74, 6) is 0.604. The summed E-state index contributed by atoms with van der Waals surface area (Å²) in [6.45, 7) is 1.73. The Hall–Kier alpha value is -0.280. The van der Waals surface area contributed by atoms with Gasteiger partial charge in [0.15, 0.2) is 0 Å². The molecule has 0 atom stereocenters. The second kappa shape index (κ2) is 8.76. The van der Waals surface area contributed by atoms with Gasteiger partial charge in [-0.2, -0.15) is 0 Å². The third kappa shape index (κ3) is 5.15. The van der Waals surface area contributed by atoms with Gasteiger partial charge in [-0.15, -0.1) is 12.4 Å². The number of carbonyl (C=O) groups is 1. The molecule has 0 aliphatic heterocycles. The molecule has 0 aromatic rings. The minimum Gasteiger partial charge on any atom is -0.355 e. The van der Waals surface area contributed by atoms with Gasteiger partial charge in [0.25, 0.3) is 0 Å². The maximum Gasteiger partial charge on any atom is 0.223 e. The van der Waals surface area contributed by atoms with Crippen molar-refractivity contribution < 1.29 is 4.79 Å². The zero-order chi connectivity index (χ0) is 11.9. The van der Waals surface area contributed by atoms with Crippen LogP contribution in [0.1, 0.15) is 57.8 Å². The fourth-order valence-corrected chi connectivity index (χ4v) is 2.76. The Balaban J connectivity index is 0.00000162. The minimum absolute atomic E-state index is 0. The smallest absolute Gasteiger partial charge is 0.223 e. The highest BCUT2D eigenvalue weighted by Crippen LogP contribution is 2.25. The van der Waals surface area contributed by atoms with E-state index < -0.39 is 0 Å². The van der Waals surface area contributed by atoms with Crippen molar-refractivity contribution >= 4 is 18.3 Å². The van der Waals surface area contributed by atoms with E-state index in [2.05, 4.69) is 10.6 Å². The van der Waals surface area contributed by atoms with Crippen molar-refractivity contribution in [3.8, 4) is 0 Å². The molecule has 0 unspecified atom stereocenters. The molecular formula is C14H27ClN2O. The van der Waals surface area contributed by atoms with Crippen molar-refractivity contribution in [3.63, 3.8) is 0 Å². The van der Waals surface area contributed by atoms with Gasteiger partial charge in [-0.05, 0) is 25.7 Å². The van der Waals surface area contributed by atoms with Crippen LogP contribution in [-0.2, 0) is 4.79 Å². The van der Waals surface area contributed by atoms with Gasteiger partial charge in [0, 0.05) is 25.0 Å². The lowest BCUT2D eigenvalue weighted by Gasteiger charge is -2.24. The second-order valence-electron chi connectivity index (χ2n) is 5.56. The molecule has 4 heteroatoms. The molecule has 0 saturated heterocycles. The summed E-state index contributed by atoms with van der Waals surface area (Å²) < 4.78 is 0. The summed E-state index contributed by atoms with van der Waals surface area (Å²) in [4.78, 5) is 11.6. The molecule has 2 aliphatic carbocycles. The summed E-state index contributed by atoms with van der Waals surface area (Å²) in [6.07, 6.45) is 11.6. The summed E-state index contributed by atoms with van der Waals surface area (Å²) >= 11 is 0. The van der Waals surface area contributed by atoms with Gasteiger partial charge >= 0.3 is 0 Å². The van der Waals surface area contributed by atoms with Crippen molar-refractivity contribution in [3.05, 3.63) is 0 Å². The minimum atomic E-state index is 0. The molecule has 2 N–H and O–H groups in total. The average molecular weight is 275 g/mol. The van der Waals surface area contributed by atoms with E-state index in [4.69, 9.17) is 0 Å². The summed E-state index contributed by atoms with van der Waals surface area (Å²) in [6, 6.07) is 0.693. The standard InChI is InChI=1S/C14H26N2O.ClH/c17-14(12-6-5-7-12)16-11-10-15-13-8-3-1-2-4-9-13;/h12-13,15H,1-11H2,(H,16,17);1H. The summed E-state index contributed by atoms with van der Waals surface area (Å²) in [5.41, 5.74) is 0. The normalized spacial score (nSPS) is 21.6. The summed E-state index contributed by atoms with van der Waals surface area (Å²) in [5, 5.41) is 6.62. The van der Waals surface area contributed by atoms with Crippen LogP contribution in [0.3, 0.4) is 0 Å². The molecule has 2 rings (SSSR count). The first-order chi connectivity index (χ1) is 8.36. The van der Waals surface area contributed by atoms with Crippen molar-refractivity contribution in [2.75, 3.05) is 13.1 Å². The van der Waals surface area contributed by atoms with Crippen LogP contribution in [0, 0.1) is 5.92 Å². The van der Waals surface area contributed by atoms with Crippen LogP contribution in [0.25, 0.3) is 0 Å². The Morgan fingerprint density at radius 1 is 0.889 bits per heavy atom. The van der Waals surface area contributed by atoms with Crippen LogP contribution in [0.4, 0.5) is 0 Å². The quantitative estimate of drug-likeness (QED) is 0.598. The number of amides is 1. The number of nitrogens with one attached hydrogen (secondary N) is 2. The van der Waals surface area contributed by atoms with E-state index in [9.17, 15) is 4.79 Å². The van der Waals surface area contributed by atoms with Crippen LogP contribution in [0.15, 0.2) is 0 Å². The predicted octanol–water partition coefficient (Wildman–Crippen LogP) is 2.64. The molecule has 2 aliphatic rings. The predicted molar refractivity (Wildman–Crippen MR) is 77.1 cm³/mol. The van der Waals surface area contributed by atoms with Gasteiger partial charge in [0.2, 0.25) is 5.91 Å². The number of hydrogen-bond acceptors (Lipinski definition) is 2. The van der Waals surface area contributed by atoms with Crippen LogP contribution in [0.5, 0.6) is 0 Å². The molecule has 3 nitrogen and oxygen atoms in total. The van der Waals surface area contributed by atoms with Crippen molar-refractivity contribution in [1.29, 1.82) is 0 Å². The van der Waals surface area contributed by atoms with Gasteiger partial charge < -0.3 is 10.6 Å². The van der Waals surface area contributed by atoms with E-state index in [1.165, 1.54) is 44.9 Å². The highest BCUT2D eigenvalue weighted by atomic mass is 35.5. The number of carbonyl (C=O) groups excluding carboxylic acids is 1. The maximum absolute atomic E-state index is 11.6. The molecule has 0 spiro atoms. The lowest BCUT2D eigenvalue weighted by Crippen LogP contribution is -2.40. The van der Waals surface area contributed by atoms with Crippen LogP contribution >= 0.6 is 12.4 Å². The maximum atomic E-state index is 11.6. The Kier molecular flexibility index (Phi) is 7.68. The molecule has 0 aromatic heterocycles. The molecule has 2 fully saturated rings. The molecule has 0 radical (unpaired) electrons. The molecule has 1 amide bonds. The highest BCUT2D eigenvalue weighted by molar-refractivity contribution is 5.85. The average Bonchev–Trinajstić information content (AvgIpc) is 2.50. The molecular weight excluding hydrogens is 248 g/mol. The van der Waals surface area contributed by atoms with E-state index in [-0.39, 0.29) is 18.3 Å². The number of halogens is 1. The summed E-state index contributed by atoms with van der Waals surface area (Å²) in [7, 11) is 0. The lowest BCUT2D eigenvalue weighted by molar-refractivity contribution is -0.127. The largest absolute Gasteiger partial charge is 0.355 e. The van der Waals surface area contributed by atoms with Crippen molar-refractivity contribution in [2.45, 2.75) is 63.8 Å². The third-order valence-electron chi connectivity index (χ3n) is 4.19. The van der Waals surface area contributed by atoms with Gasteiger partial charge in [-0.3, -0.25) is 4.79 Å². The van der Waals surface area contributed by atoms with Crippen LogP contribution in [-0.4, -0.2) is 25.0 Å². The first-order valence-corrected chi connectivity index (χ1v) is 7.37. The number of hydrogen-bond donors (Lipinski definition) is 2. The Morgan fingerprint density at radius 2 is 1.56 bits per heavy atom. The fraction of sp³-hybridized carbons (Fsp3) is 0.929. The van der Waals surface area contributed by atoms with Gasteiger partial charge in [0.1, 0.15) is 0 Å². The lowest BCUT2D eigenvalue weighted by atomic mass is 9.85. The molecule has 0 aromatic carbocycles. The molecule has 0 heterocycles. The van der Waals surface area contributed by atoms with Crippen molar-refractivity contribution in [1.82, 2.24) is 10.6 Å². The molecule has 106 valence electrons. The Labute approximate surface area is 117 Å². The molecule has 2 saturated carbocycles. The fourth-order valence-electron chi connectivity index (χ4n) is 2.76. The third-order valence-corrected chi connectivity index (χ3v) is 4.19. The second-order valence-corrected chi connectivity index (χ2v) is 5.56. The van der Waals surface area contributed by atoms with Crippen molar-refractivity contribution in [2.24, 2.45) is 5.92 Å². The Morgan fingerprint density at radius 3 is 2.11 bits per heavy atom. The van der Waals surface area contributed by atoms with E-state index in [1.54, 1.807) is 0 Å². The van der Waals surface area contributed by atoms with Gasteiger partial charge in [0.05, 0.1) is 0 Å². The zero-order valence-electron chi connectivity index (χ0n) is 11.2. The van der Waals surface area contributed by atoms with E-state index >= 15 is 0 Å². The first kappa shape index (κ1) is 15.8. The number of rotatable bonds is 5. The van der Waals surface area contributed by atoms with Crippen LogP contribution in [0.2, 0.25) is 0 Å². The zero-order valence-corrected chi connectivity index (χ0v) is 12.1. The first-order valence-electron chi connectivity index (χ1n) is 7.37. The van der Waals surface area contributed by atoms with Crippen LogP contribution < -0.4 is 10.6 Å². The highest BCUT2D eigenvalue weighted by Gasteiger charge is 2.24.